The van der Waals surface area contributed by atoms with Crippen molar-refractivity contribution in [3.63, 3.8) is 0 Å². The zero-order valence-electron chi connectivity index (χ0n) is 16.7. The number of amides is 2. The van der Waals surface area contributed by atoms with Crippen LogP contribution in [0.3, 0.4) is 0 Å². The third-order valence-corrected chi connectivity index (χ3v) is 8.93. The van der Waals surface area contributed by atoms with Crippen molar-refractivity contribution >= 4 is 75.1 Å². The summed E-state index contributed by atoms with van der Waals surface area (Å²) in [5.74, 6) is -2.37. The number of thiazole rings is 2. The number of aliphatic carboxylic acids is 2. The standard InChI is InChI=1S/C18H17N5O6S4/c19-17-20-8(5-31-17)1-10(24)22-12-14(27)23-13(16(28)29)7(3-30-15(12)23)4-32-18-21-9(6-33-18)2-11(25)26/h5-6,12,15H,1-4H2,(H2,19,20)(H,22,24)(H,25,26)(H,28,29)/t12?,15-/m1/s1. The van der Waals surface area contributed by atoms with E-state index in [1.54, 1.807) is 10.8 Å². The zero-order chi connectivity index (χ0) is 23.7. The minimum absolute atomic E-state index is 0.0178. The molecule has 4 rings (SSSR count). The summed E-state index contributed by atoms with van der Waals surface area (Å²) in [6.45, 7) is 0. The lowest BCUT2D eigenvalue weighted by atomic mass is 10.0. The van der Waals surface area contributed by atoms with Crippen LogP contribution in [-0.2, 0) is 32.0 Å². The van der Waals surface area contributed by atoms with Crippen molar-refractivity contribution in [3.05, 3.63) is 33.4 Å². The van der Waals surface area contributed by atoms with E-state index in [0.29, 0.717) is 37.9 Å². The maximum Gasteiger partial charge on any atom is 0.352 e. The number of carboxylic acid groups (broad SMARTS) is 2. The van der Waals surface area contributed by atoms with Crippen molar-refractivity contribution in [2.24, 2.45) is 0 Å². The first-order valence-electron chi connectivity index (χ1n) is 9.41. The number of aromatic nitrogens is 2. The van der Waals surface area contributed by atoms with Crippen LogP contribution in [0.25, 0.3) is 0 Å². The van der Waals surface area contributed by atoms with E-state index < -0.39 is 29.3 Å². The van der Waals surface area contributed by atoms with Crippen LogP contribution in [0.4, 0.5) is 5.13 Å². The van der Waals surface area contributed by atoms with Crippen LogP contribution in [-0.4, -0.2) is 71.8 Å². The highest BCUT2D eigenvalue weighted by Crippen LogP contribution is 2.41. The second-order valence-electron chi connectivity index (χ2n) is 7.03. The highest BCUT2D eigenvalue weighted by molar-refractivity contribution is 8.01. The number of carbonyl (C=O) groups is 4. The molecule has 4 heterocycles. The molecule has 2 aromatic rings. The summed E-state index contributed by atoms with van der Waals surface area (Å²) in [5.41, 5.74) is 7.01. The molecule has 11 nitrogen and oxygen atoms in total. The summed E-state index contributed by atoms with van der Waals surface area (Å²) in [7, 11) is 0. The second kappa shape index (κ2) is 9.70. The van der Waals surface area contributed by atoms with Crippen molar-refractivity contribution in [3.8, 4) is 0 Å². The van der Waals surface area contributed by atoms with Crippen LogP contribution in [0.2, 0.25) is 0 Å². The van der Waals surface area contributed by atoms with Gasteiger partial charge in [0.15, 0.2) is 5.13 Å². The summed E-state index contributed by atoms with van der Waals surface area (Å²) >= 11 is 5.18. The number of hydrogen-bond acceptors (Lipinski definition) is 11. The summed E-state index contributed by atoms with van der Waals surface area (Å²) in [6, 6.07) is -0.806. The van der Waals surface area contributed by atoms with Gasteiger partial charge in [0.1, 0.15) is 21.5 Å². The summed E-state index contributed by atoms with van der Waals surface area (Å²) in [4.78, 5) is 57.3. The van der Waals surface area contributed by atoms with Gasteiger partial charge in [-0.25, -0.2) is 14.8 Å². The first-order chi connectivity index (χ1) is 15.7. The fraction of sp³-hybridized carbons (Fsp3) is 0.333. The SMILES string of the molecule is Nc1nc(CC(=O)NC2C(=O)N3C(C(=O)O)=C(CSc4nc(CC(=O)O)cs4)CS[C@H]23)cs1. The average molecular weight is 528 g/mol. The molecular weight excluding hydrogens is 510 g/mol. The van der Waals surface area contributed by atoms with Gasteiger partial charge in [0, 0.05) is 22.3 Å². The quantitative estimate of drug-likeness (QED) is 0.269. The molecule has 5 N–H and O–H groups in total. The fourth-order valence-electron chi connectivity index (χ4n) is 3.33. The molecule has 2 aliphatic heterocycles. The zero-order valence-corrected chi connectivity index (χ0v) is 20.0. The molecule has 0 aromatic carbocycles. The normalized spacial score (nSPS) is 19.8. The number of nitrogens with two attached hydrogens (primary N) is 1. The van der Waals surface area contributed by atoms with Gasteiger partial charge >= 0.3 is 11.9 Å². The first kappa shape index (κ1) is 23.5. The van der Waals surface area contributed by atoms with E-state index in [2.05, 4.69) is 15.3 Å². The van der Waals surface area contributed by atoms with E-state index >= 15 is 0 Å². The number of fused-ring (bicyclic) bond motifs is 1. The Morgan fingerprint density at radius 1 is 1.18 bits per heavy atom. The number of carboxylic acids is 2. The molecule has 0 bridgehead atoms. The van der Waals surface area contributed by atoms with Crippen molar-refractivity contribution in [1.29, 1.82) is 0 Å². The van der Waals surface area contributed by atoms with E-state index in [-0.39, 0.29) is 24.4 Å². The molecule has 1 saturated heterocycles. The second-order valence-corrected chi connectivity index (χ2v) is 11.1. The summed E-state index contributed by atoms with van der Waals surface area (Å²) in [5, 5.41) is 24.5. The van der Waals surface area contributed by atoms with Crippen LogP contribution in [0.5, 0.6) is 0 Å². The highest BCUT2D eigenvalue weighted by atomic mass is 32.2. The molecule has 2 aliphatic rings. The third-order valence-electron chi connectivity index (χ3n) is 4.71. The number of nitrogens with zero attached hydrogens (tertiary/aromatic N) is 3. The van der Waals surface area contributed by atoms with Crippen LogP contribution in [0, 0.1) is 0 Å². The monoisotopic (exact) mass is 527 g/mol. The maximum atomic E-state index is 12.7. The molecular formula is C18H17N5O6S4. The van der Waals surface area contributed by atoms with Crippen molar-refractivity contribution in [2.75, 3.05) is 17.2 Å². The average Bonchev–Trinajstić information content (AvgIpc) is 3.37. The molecule has 1 fully saturated rings. The van der Waals surface area contributed by atoms with Gasteiger partial charge in [-0.15, -0.1) is 34.4 Å². The minimum Gasteiger partial charge on any atom is -0.481 e. The maximum absolute atomic E-state index is 12.7. The fourth-order valence-corrected chi connectivity index (χ4v) is 7.22. The Kier molecular flexibility index (Phi) is 6.92. The van der Waals surface area contributed by atoms with E-state index in [0.717, 1.165) is 0 Å². The van der Waals surface area contributed by atoms with E-state index in [1.807, 2.05) is 0 Å². The minimum atomic E-state index is -1.21. The van der Waals surface area contributed by atoms with Gasteiger partial charge in [0.25, 0.3) is 5.91 Å². The molecule has 0 radical (unpaired) electrons. The van der Waals surface area contributed by atoms with Gasteiger partial charge in [-0.2, -0.15) is 0 Å². The summed E-state index contributed by atoms with van der Waals surface area (Å²) < 4.78 is 0.623. The Hall–Kier alpha value is -2.62. The van der Waals surface area contributed by atoms with Crippen molar-refractivity contribution in [1.82, 2.24) is 20.2 Å². The molecule has 2 amide bonds. The van der Waals surface area contributed by atoms with Gasteiger partial charge in [-0.3, -0.25) is 19.3 Å². The molecule has 2 aromatic heterocycles. The number of thioether (sulfide) groups is 2. The Balaban J connectivity index is 1.40. The number of carbonyl (C=O) groups excluding carboxylic acids is 2. The van der Waals surface area contributed by atoms with Gasteiger partial charge in [0.05, 0.1) is 24.2 Å². The third kappa shape index (κ3) is 5.15. The molecule has 0 spiro atoms. The van der Waals surface area contributed by atoms with Crippen LogP contribution < -0.4 is 11.1 Å². The Morgan fingerprint density at radius 2 is 1.91 bits per heavy atom. The smallest absolute Gasteiger partial charge is 0.352 e. The van der Waals surface area contributed by atoms with Crippen molar-refractivity contribution in [2.45, 2.75) is 28.6 Å². The molecule has 15 heteroatoms. The van der Waals surface area contributed by atoms with Crippen molar-refractivity contribution < 1.29 is 29.4 Å². The number of hydrogen-bond donors (Lipinski definition) is 4. The van der Waals surface area contributed by atoms with E-state index in [9.17, 15) is 24.3 Å². The lowest BCUT2D eigenvalue weighted by Gasteiger charge is -2.49. The van der Waals surface area contributed by atoms with E-state index in [4.69, 9.17) is 10.8 Å². The van der Waals surface area contributed by atoms with Gasteiger partial charge in [0.2, 0.25) is 5.91 Å². The van der Waals surface area contributed by atoms with Gasteiger partial charge in [-0.05, 0) is 5.57 Å². The molecule has 33 heavy (non-hydrogen) atoms. The Bertz CT molecular complexity index is 1160. The lowest BCUT2D eigenvalue weighted by Crippen LogP contribution is -2.70. The topological polar surface area (TPSA) is 176 Å². The van der Waals surface area contributed by atoms with Gasteiger partial charge < -0.3 is 21.3 Å². The number of rotatable bonds is 9. The number of nitrogen functional groups attached to an aromatic ring is 1. The Morgan fingerprint density at radius 3 is 2.58 bits per heavy atom. The largest absolute Gasteiger partial charge is 0.481 e. The predicted octanol–water partition coefficient (Wildman–Crippen LogP) is 0.882. The lowest BCUT2D eigenvalue weighted by molar-refractivity contribution is -0.150. The molecule has 0 saturated carbocycles. The predicted molar refractivity (Wildman–Crippen MR) is 124 cm³/mol. The van der Waals surface area contributed by atoms with Crippen LogP contribution >= 0.6 is 46.2 Å². The molecule has 2 atom stereocenters. The number of β-lactam (4-membered cyclic amide) rings is 1. The first-order valence-corrected chi connectivity index (χ1v) is 13.2. The number of nitrogens with one attached hydrogen (secondary N) is 1. The molecule has 174 valence electrons. The summed E-state index contributed by atoms with van der Waals surface area (Å²) in [6.07, 6.45) is -0.195. The molecule has 1 unspecified atom stereocenters. The van der Waals surface area contributed by atoms with Crippen LogP contribution in [0.15, 0.2) is 26.4 Å². The molecule has 0 aliphatic carbocycles. The highest BCUT2D eigenvalue weighted by Gasteiger charge is 2.54. The number of anilines is 1. The Labute approximate surface area is 203 Å². The van der Waals surface area contributed by atoms with Crippen LogP contribution in [0.1, 0.15) is 11.4 Å². The van der Waals surface area contributed by atoms with Gasteiger partial charge in [-0.1, -0.05) is 11.8 Å². The van der Waals surface area contributed by atoms with E-state index in [1.165, 1.54) is 51.1 Å².